The van der Waals surface area contributed by atoms with Crippen LogP contribution in [0, 0.1) is 5.82 Å². The van der Waals surface area contributed by atoms with Gasteiger partial charge in [0.15, 0.2) is 11.7 Å². The van der Waals surface area contributed by atoms with E-state index in [-0.39, 0.29) is 24.7 Å². The van der Waals surface area contributed by atoms with E-state index >= 15 is 0 Å². The molecule has 0 aliphatic rings. The highest BCUT2D eigenvalue weighted by atomic mass is 32.1. The Morgan fingerprint density at radius 3 is 2.47 bits per heavy atom. The quantitative estimate of drug-likeness (QED) is 0.240. The average molecular weight is 445 g/mol. The van der Waals surface area contributed by atoms with Gasteiger partial charge in [-0.05, 0) is 24.6 Å². The zero-order chi connectivity index (χ0) is 22.0. The fraction of sp³-hybridized carbons (Fsp3) is 0.421. The van der Waals surface area contributed by atoms with Crippen LogP contribution in [-0.2, 0) is 23.8 Å². The first-order valence-corrected chi connectivity index (χ1v) is 10.2. The molecule has 1 heterocycles. The molecule has 2 rings (SSSR count). The topological polar surface area (TPSA) is 78.4 Å². The van der Waals surface area contributed by atoms with Gasteiger partial charge in [-0.15, -0.1) is 11.3 Å². The van der Waals surface area contributed by atoms with Gasteiger partial charge in [0.2, 0.25) is 5.91 Å². The molecule has 30 heavy (non-hydrogen) atoms. The fourth-order valence-electron chi connectivity index (χ4n) is 2.39. The maximum atomic E-state index is 12.9. The van der Waals surface area contributed by atoms with E-state index in [2.05, 4.69) is 25.9 Å². The molecule has 0 unspecified atom stereocenters. The lowest BCUT2D eigenvalue weighted by molar-refractivity contribution is -0.140. The van der Waals surface area contributed by atoms with Crippen LogP contribution in [0.3, 0.4) is 0 Å². The molecule has 6 nitrogen and oxygen atoms in total. The summed E-state index contributed by atoms with van der Waals surface area (Å²) in [5.41, 5.74) is -0.166. The Morgan fingerprint density at radius 2 is 1.83 bits per heavy atom. The summed E-state index contributed by atoms with van der Waals surface area (Å²) in [6, 6.07) is 5.73. The summed E-state index contributed by atoms with van der Waals surface area (Å²) in [7, 11) is 0. The molecule has 0 spiro atoms. The van der Waals surface area contributed by atoms with Gasteiger partial charge in [-0.2, -0.15) is 13.2 Å². The zero-order valence-electron chi connectivity index (χ0n) is 16.4. The summed E-state index contributed by atoms with van der Waals surface area (Å²) in [6.07, 6.45) is -3.98. The Bertz CT molecular complexity index is 836. The largest absolute Gasteiger partial charge is 0.434 e. The Kier molecular flexibility index (Phi) is 9.03. The van der Waals surface area contributed by atoms with Gasteiger partial charge in [0, 0.05) is 38.0 Å². The van der Waals surface area contributed by atoms with Gasteiger partial charge in [-0.1, -0.05) is 12.1 Å². The smallest absolute Gasteiger partial charge is 0.357 e. The lowest BCUT2D eigenvalue weighted by Gasteiger charge is -2.12. The number of carbonyl (C=O) groups excluding carboxylic acids is 1. The van der Waals surface area contributed by atoms with Crippen molar-refractivity contribution < 1.29 is 22.4 Å². The number of rotatable bonds is 9. The SMILES string of the molecule is CCNC(=NCCc1nc(C(F)(F)F)cs1)NCCNC(=O)Cc1ccc(F)cc1. The molecule has 1 amide bonds. The number of alkyl halides is 3. The van der Waals surface area contributed by atoms with Crippen LogP contribution in [0.15, 0.2) is 34.6 Å². The highest BCUT2D eigenvalue weighted by molar-refractivity contribution is 7.09. The molecule has 2 aromatic rings. The highest BCUT2D eigenvalue weighted by Crippen LogP contribution is 2.30. The fourth-order valence-corrected chi connectivity index (χ4v) is 3.19. The van der Waals surface area contributed by atoms with Crippen LogP contribution < -0.4 is 16.0 Å². The molecule has 1 aromatic carbocycles. The predicted molar refractivity (Wildman–Crippen MR) is 108 cm³/mol. The zero-order valence-corrected chi connectivity index (χ0v) is 17.2. The second-order valence-corrected chi connectivity index (χ2v) is 7.16. The van der Waals surface area contributed by atoms with Gasteiger partial charge in [0.1, 0.15) is 5.82 Å². The molecule has 0 atom stereocenters. The van der Waals surface area contributed by atoms with Gasteiger partial charge >= 0.3 is 6.18 Å². The number of nitrogens with zero attached hydrogens (tertiary/aromatic N) is 2. The number of hydrogen-bond donors (Lipinski definition) is 3. The van der Waals surface area contributed by atoms with Crippen molar-refractivity contribution in [3.63, 3.8) is 0 Å². The van der Waals surface area contributed by atoms with Crippen molar-refractivity contribution in [3.05, 3.63) is 51.7 Å². The summed E-state index contributed by atoms with van der Waals surface area (Å²) in [5, 5.41) is 10.2. The number of amides is 1. The molecular weight excluding hydrogens is 422 g/mol. The van der Waals surface area contributed by atoms with Crippen molar-refractivity contribution in [2.24, 2.45) is 4.99 Å². The van der Waals surface area contributed by atoms with Crippen LogP contribution in [-0.4, -0.2) is 43.0 Å². The lowest BCUT2D eigenvalue weighted by Crippen LogP contribution is -2.41. The molecular formula is C19H23F4N5OS. The van der Waals surface area contributed by atoms with Crippen LogP contribution in [0.2, 0.25) is 0 Å². The lowest BCUT2D eigenvalue weighted by atomic mass is 10.1. The summed E-state index contributed by atoms with van der Waals surface area (Å²) >= 11 is 0.958. The summed E-state index contributed by atoms with van der Waals surface area (Å²) < 4.78 is 50.6. The van der Waals surface area contributed by atoms with E-state index in [9.17, 15) is 22.4 Å². The van der Waals surface area contributed by atoms with Gasteiger partial charge in [0.25, 0.3) is 0 Å². The number of thiazole rings is 1. The number of carbonyl (C=O) groups is 1. The normalized spacial score (nSPS) is 12.0. The van der Waals surface area contributed by atoms with Gasteiger partial charge in [0.05, 0.1) is 11.4 Å². The van der Waals surface area contributed by atoms with Crippen LogP contribution in [0.25, 0.3) is 0 Å². The van der Waals surface area contributed by atoms with Crippen LogP contribution in [0.4, 0.5) is 17.6 Å². The molecule has 0 radical (unpaired) electrons. The number of aliphatic imine (C=N–C) groups is 1. The van der Waals surface area contributed by atoms with Crippen molar-refractivity contribution in [2.45, 2.75) is 25.9 Å². The van der Waals surface area contributed by atoms with Gasteiger partial charge in [-0.3, -0.25) is 9.79 Å². The van der Waals surface area contributed by atoms with Crippen molar-refractivity contribution in [3.8, 4) is 0 Å². The Morgan fingerprint density at radius 1 is 1.13 bits per heavy atom. The maximum absolute atomic E-state index is 12.9. The van der Waals surface area contributed by atoms with Crippen LogP contribution in [0.5, 0.6) is 0 Å². The third kappa shape index (κ3) is 8.36. The number of nitrogens with one attached hydrogen (secondary N) is 3. The van der Waals surface area contributed by atoms with E-state index in [0.29, 0.717) is 42.6 Å². The summed E-state index contributed by atoms with van der Waals surface area (Å²) in [4.78, 5) is 19.8. The minimum Gasteiger partial charge on any atom is -0.357 e. The van der Waals surface area contributed by atoms with E-state index < -0.39 is 11.9 Å². The first-order chi connectivity index (χ1) is 14.3. The molecule has 0 saturated heterocycles. The van der Waals surface area contributed by atoms with E-state index in [4.69, 9.17) is 0 Å². The third-order valence-corrected chi connectivity index (χ3v) is 4.71. The highest BCUT2D eigenvalue weighted by Gasteiger charge is 2.33. The molecule has 164 valence electrons. The average Bonchev–Trinajstić information content (AvgIpc) is 3.16. The Hall–Kier alpha value is -2.69. The predicted octanol–water partition coefficient (Wildman–Crippen LogP) is 2.76. The van der Waals surface area contributed by atoms with E-state index in [1.54, 1.807) is 12.1 Å². The number of benzene rings is 1. The molecule has 0 aliphatic carbocycles. The first-order valence-electron chi connectivity index (χ1n) is 9.33. The molecule has 0 saturated carbocycles. The third-order valence-electron chi connectivity index (χ3n) is 3.80. The molecule has 3 N–H and O–H groups in total. The second kappa shape index (κ2) is 11.5. The standard InChI is InChI=1S/C19H23F4N5OS/c1-2-24-18(26-8-7-17-28-15(12-30-17)19(21,22)23)27-10-9-25-16(29)11-13-3-5-14(20)6-4-13/h3-6,12H,2,7-11H2,1H3,(H,25,29)(H2,24,26,27). The number of hydrogen-bond acceptors (Lipinski definition) is 4. The van der Waals surface area contributed by atoms with Crippen molar-refractivity contribution in [1.29, 1.82) is 0 Å². The Labute approximate surface area is 175 Å². The second-order valence-electron chi connectivity index (χ2n) is 6.21. The van der Waals surface area contributed by atoms with Gasteiger partial charge in [-0.25, -0.2) is 9.37 Å². The van der Waals surface area contributed by atoms with Gasteiger partial charge < -0.3 is 16.0 Å². The van der Waals surface area contributed by atoms with Crippen molar-refractivity contribution >= 4 is 23.2 Å². The minimum absolute atomic E-state index is 0.155. The summed E-state index contributed by atoms with van der Waals surface area (Å²) in [6.45, 7) is 3.54. The number of guanidine groups is 1. The van der Waals surface area contributed by atoms with E-state index in [0.717, 1.165) is 16.7 Å². The van der Waals surface area contributed by atoms with E-state index in [1.165, 1.54) is 12.1 Å². The first kappa shape index (κ1) is 23.6. The van der Waals surface area contributed by atoms with Crippen molar-refractivity contribution in [2.75, 3.05) is 26.2 Å². The molecule has 0 bridgehead atoms. The Balaban J connectivity index is 1.72. The van der Waals surface area contributed by atoms with Crippen LogP contribution >= 0.6 is 11.3 Å². The molecule has 0 aliphatic heterocycles. The number of aromatic nitrogens is 1. The van der Waals surface area contributed by atoms with Crippen molar-refractivity contribution in [1.82, 2.24) is 20.9 Å². The van der Waals surface area contributed by atoms with Crippen LogP contribution in [0.1, 0.15) is 23.2 Å². The monoisotopic (exact) mass is 445 g/mol. The molecule has 11 heteroatoms. The van der Waals surface area contributed by atoms with E-state index in [1.807, 2.05) is 6.92 Å². The summed E-state index contributed by atoms with van der Waals surface area (Å²) in [5.74, 6) is -0.0401. The maximum Gasteiger partial charge on any atom is 0.434 e. The number of halogens is 4. The minimum atomic E-state index is -4.43. The molecule has 1 aromatic heterocycles. The molecule has 0 fully saturated rings.